The zero-order chi connectivity index (χ0) is 34.5. The minimum absolute atomic E-state index is 0.419. The van der Waals surface area contributed by atoms with Gasteiger partial charge in [0.15, 0.2) is 5.69 Å². The lowest BCUT2D eigenvalue weighted by Gasteiger charge is -2.22. The van der Waals surface area contributed by atoms with Gasteiger partial charge >= 0.3 is 0 Å². The van der Waals surface area contributed by atoms with Crippen LogP contribution in [-0.2, 0) is 0 Å². The summed E-state index contributed by atoms with van der Waals surface area (Å²) in [6.45, 7) is 8.49. The summed E-state index contributed by atoms with van der Waals surface area (Å²) in [6, 6.07) is 57.8. The van der Waals surface area contributed by atoms with Crippen molar-refractivity contribution in [2.75, 3.05) is 0 Å². The molecular formula is C47H26N4. The van der Waals surface area contributed by atoms with Crippen LogP contribution in [0.15, 0.2) is 158 Å². The molecule has 1 heterocycles. The molecular weight excluding hydrogens is 621 g/mol. The van der Waals surface area contributed by atoms with E-state index in [0.29, 0.717) is 16.8 Å². The number of benzene rings is 8. The summed E-state index contributed by atoms with van der Waals surface area (Å²) in [7, 11) is 0. The summed E-state index contributed by atoms with van der Waals surface area (Å²) in [5, 5.41) is 26.3. The molecule has 0 spiro atoms. The Kier molecular flexibility index (Phi) is 6.93. The standard InChI is InChI=1S/C47H26N4/c1-50-41-27-31(29-49)26-40(34-16-10-12-22-43(34)51-42-21-11-9-15-33(42)39-25-30(28-48)23-24-44(39)51)47(41)46-37-19-7-5-17-35(37)45(32-13-3-2-4-14-32)36-18-6-8-20-38(36)46/h2-27H. The van der Waals surface area contributed by atoms with Crippen molar-refractivity contribution in [3.63, 3.8) is 0 Å². The summed E-state index contributed by atoms with van der Waals surface area (Å²) in [6.07, 6.45) is 0. The number of fused-ring (bicyclic) bond motifs is 5. The predicted octanol–water partition coefficient (Wildman–Crippen LogP) is 12.4. The number of aromatic nitrogens is 1. The number of rotatable bonds is 4. The fraction of sp³-hybridized carbons (Fsp3) is 0. The molecule has 0 aliphatic heterocycles. The highest BCUT2D eigenvalue weighted by Gasteiger charge is 2.24. The van der Waals surface area contributed by atoms with E-state index < -0.39 is 0 Å². The Morgan fingerprint density at radius 1 is 0.451 bits per heavy atom. The van der Waals surface area contributed by atoms with Gasteiger partial charge in [-0.2, -0.15) is 10.5 Å². The van der Waals surface area contributed by atoms with Crippen molar-refractivity contribution >= 4 is 49.0 Å². The van der Waals surface area contributed by atoms with Gasteiger partial charge in [0.1, 0.15) is 0 Å². The first kappa shape index (κ1) is 29.7. The van der Waals surface area contributed by atoms with Crippen molar-refractivity contribution in [3.05, 3.63) is 180 Å². The Morgan fingerprint density at radius 2 is 1.02 bits per heavy atom. The van der Waals surface area contributed by atoms with Crippen LogP contribution < -0.4 is 0 Å². The van der Waals surface area contributed by atoms with Gasteiger partial charge in [-0.1, -0.05) is 115 Å². The van der Waals surface area contributed by atoms with Gasteiger partial charge in [-0.05, 0) is 91.8 Å². The van der Waals surface area contributed by atoms with E-state index in [4.69, 9.17) is 6.57 Å². The number of nitrogens with zero attached hydrogens (tertiary/aromatic N) is 4. The second-order valence-electron chi connectivity index (χ2n) is 12.6. The van der Waals surface area contributed by atoms with Gasteiger partial charge in [0, 0.05) is 21.9 Å². The first-order valence-electron chi connectivity index (χ1n) is 16.7. The molecule has 0 aliphatic carbocycles. The summed E-state index contributed by atoms with van der Waals surface area (Å²) < 4.78 is 2.23. The number of hydrogen-bond acceptors (Lipinski definition) is 2. The van der Waals surface area contributed by atoms with Gasteiger partial charge < -0.3 is 4.57 Å². The quantitative estimate of drug-likeness (QED) is 0.141. The molecule has 4 heteroatoms. The molecule has 0 aliphatic rings. The minimum Gasteiger partial charge on any atom is -0.309 e. The van der Waals surface area contributed by atoms with Crippen molar-refractivity contribution in [1.82, 2.24) is 4.57 Å². The van der Waals surface area contributed by atoms with Crippen LogP contribution in [-0.4, -0.2) is 4.57 Å². The van der Waals surface area contributed by atoms with Gasteiger partial charge in [0.25, 0.3) is 0 Å². The van der Waals surface area contributed by atoms with Crippen LogP contribution in [0.25, 0.3) is 87.3 Å². The maximum absolute atomic E-state index is 10.3. The number of para-hydroxylation sites is 2. The molecule has 51 heavy (non-hydrogen) atoms. The van der Waals surface area contributed by atoms with Crippen molar-refractivity contribution < 1.29 is 0 Å². The summed E-state index contributed by atoms with van der Waals surface area (Å²) in [5.74, 6) is 0. The van der Waals surface area contributed by atoms with Crippen LogP contribution in [0.5, 0.6) is 0 Å². The molecule has 234 valence electrons. The third-order valence-corrected chi connectivity index (χ3v) is 9.85. The molecule has 0 saturated carbocycles. The van der Waals surface area contributed by atoms with E-state index in [9.17, 15) is 10.5 Å². The first-order valence-corrected chi connectivity index (χ1v) is 16.7. The Bertz CT molecular complexity index is 2940. The van der Waals surface area contributed by atoms with Crippen molar-refractivity contribution in [2.45, 2.75) is 0 Å². The highest BCUT2D eigenvalue weighted by molar-refractivity contribution is 6.24. The Balaban J connectivity index is 1.44. The lowest BCUT2D eigenvalue weighted by Crippen LogP contribution is -1.99. The van der Waals surface area contributed by atoms with Gasteiger partial charge in [-0.3, -0.25) is 0 Å². The molecule has 0 N–H and O–H groups in total. The van der Waals surface area contributed by atoms with E-state index in [2.05, 4.69) is 119 Å². The number of nitriles is 2. The topological polar surface area (TPSA) is 56.9 Å². The zero-order valence-electron chi connectivity index (χ0n) is 27.3. The maximum Gasteiger partial charge on any atom is 0.196 e. The predicted molar refractivity (Wildman–Crippen MR) is 208 cm³/mol. The third-order valence-electron chi connectivity index (χ3n) is 9.85. The molecule has 0 unspecified atom stereocenters. The lowest BCUT2D eigenvalue weighted by atomic mass is 9.82. The van der Waals surface area contributed by atoms with Gasteiger partial charge in [0.05, 0.1) is 41.0 Å². The molecule has 4 nitrogen and oxygen atoms in total. The van der Waals surface area contributed by atoms with E-state index in [0.717, 1.165) is 82.4 Å². The molecule has 0 atom stereocenters. The second-order valence-corrected chi connectivity index (χ2v) is 12.6. The van der Waals surface area contributed by atoms with Crippen LogP contribution in [0.4, 0.5) is 5.69 Å². The van der Waals surface area contributed by atoms with E-state index >= 15 is 0 Å². The minimum atomic E-state index is 0.419. The van der Waals surface area contributed by atoms with Crippen molar-refractivity contribution in [3.8, 4) is 51.2 Å². The lowest BCUT2D eigenvalue weighted by molar-refractivity contribution is 1.18. The van der Waals surface area contributed by atoms with Crippen LogP contribution >= 0.6 is 0 Å². The Morgan fingerprint density at radius 3 is 1.69 bits per heavy atom. The van der Waals surface area contributed by atoms with E-state index in [1.54, 1.807) is 6.07 Å². The molecule has 0 saturated heterocycles. The molecule has 0 bridgehead atoms. The van der Waals surface area contributed by atoms with E-state index in [-0.39, 0.29) is 0 Å². The summed E-state index contributed by atoms with van der Waals surface area (Å²) in [4.78, 5) is 4.11. The summed E-state index contributed by atoms with van der Waals surface area (Å²) >= 11 is 0. The van der Waals surface area contributed by atoms with Crippen LogP contribution in [0, 0.1) is 29.2 Å². The first-order chi connectivity index (χ1) is 25.2. The smallest absolute Gasteiger partial charge is 0.196 e. The Labute approximate surface area is 294 Å². The van der Waals surface area contributed by atoms with E-state index in [1.165, 1.54) is 0 Å². The Hall–Kier alpha value is -7.45. The number of hydrogen-bond donors (Lipinski definition) is 0. The molecule has 9 rings (SSSR count). The highest BCUT2D eigenvalue weighted by atomic mass is 15.0. The molecule has 9 aromatic rings. The van der Waals surface area contributed by atoms with Crippen LogP contribution in [0.1, 0.15) is 11.1 Å². The second kappa shape index (κ2) is 11.9. The molecule has 0 radical (unpaired) electrons. The highest BCUT2D eigenvalue weighted by Crippen LogP contribution is 2.50. The fourth-order valence-corrected chi connectivity index (χ4v) is 7.77. The van der Waals surface area contributed by atoms with Crippen molar-refractivity contribution in [1.29, 1.82) is 10.5 Å². The van der Waals surface area contributed by atoms with E-state index in [1.807, 2.05) is 54.6 Å². The third kappa shape index (κ3) is 4.58. The monoisotopic (exact) mass is 646 g/mol. The van der Waals surface area contributed by atoms with Crippen LogP contribution in [0.2, 0.25) is 0 Å². The molecule has 0 amide bonds. The summed E-state index contributed by atoms with van der Waals surface area (Å²) in [5.41, 5.74) is 10.0. The van der Waals surface area contributed by atoms with Gasteiger partial charge in [0.2, 0.25) is 0 Å². The van der Waals surface area contributed by atoms with Gasteiger partial charge in [-0.25, -0.2) is 4.85 Å². The average molecular weight is 647 g/mol. The average Bonchev–Trinajstić information content (AvgIpc) is 3.53. The maximum atomic E-state index is 10.3. The zero-order valence-corrected chi connectivity index (χ0v) is 27.3. The molecule has 1 aromatic heterocycles. The van der Waals surface area contributed by atoms with Gasteiger partial charge in [-0.15, -0.1) is 0 Å². The van der Waals surface area contributed by atoms with Crippen LogP contribution in [0.3, 0.4) is 0 Å². The molecule has 0 fully saturated rings. The SMILES string of the molecule is [C-]#[N+]c1cc(C#N)cc(-c2ccccc2-n2c3ccccc3c3cc(C#N)ccc32)c1-c1c2ccccc2c(-c2ccccc2)c2ccccc12. The molecule has 8 aromatic carbocycles. The fourth-order valence-electron chi connectivity index (χ4n) is 7.77. The van der Waals surface area contributed by atoms with Crippen molar-refractivity contribution in [2.24, 2.45) is 0 Å². The largest absolute Gasteiger partial charge is 0.309 e. The normalized spacial score (nSPS) is 11.1.